The number of benzene rings is 1. The van der Waals surface area contributed by atoms with Gasteiger partial charge in [0.1, 0.15) is 0 Å². The molecule has 0 saturated heterocycles. The third kappa shape index (κ3) is 3.46. The minimum absolute atomic E-state index is 0.509. The molecule has 1 aliphatic carbocycles. The zero-order chi connectivity index (χ0) is 14.7. The van der Waals surface area contributed by atoms with Gasteiger partial charge < -0.3 is 5.32 Å². The van der Waals surface area contributed by atoms with Crippen molar-refractivity contribution < 1.29 is 0 Å². The molecule has 3 unspecified atom stereocenters. The first-order valence-electron chi connectivity index (χ1n) is 8.00. The normalized spacial score (nSPS) is 24.6. The van der Waals surface area contributed by atoms with Crippen LogP contribution in [0.3, 0.4) is 0 Å². The molecule has 0 amide bonds. The average molecular weight is 338 g/mol. The quantitative estimate of drug-likeness (QED) is 0.760. The second kappa shape index (κ2) is 7.09. The Morgan fingerprint density at radius 2 is 1.90 bits per heavy atom. The third-order valence-corrected chi connectivity index (χ3v) is 6.25. The Labute approximate surface area is 132 Å². The highest BCUT2D eigenvalue weighted by atomic mass is 79.9. The van der Waals surface area contributed by atoms with Crippen LogP contribution in [0.5, 0.6) is 0 Å². The Bertz CT molecular complexity index is 432. The summed E-state index contributed by atoms with van der Waals surface area (Å²) in [5.74, 6) is 1.72. The molecule has 1 saturated carbocycles. The first-order chi connectivity index (χ1) is 9.56. The van der Waals surface area contributed by atoms with Gasteiger partial charge >= 0.3 is 0 Å². The molecule has 0 aromatic heterocycles. The number of halogens is 1. The molecule has 0 aliphatic heterocycles. The lowest BCUT2D eigenvalue weighted by Gasteiger charge is -2.35. The van der Waals surface area contributed by atoms with Gasteiger partial charge in [0.25, 0.3) is 0 Å². The van der Waals surface area contributed by atoms with Crippen molar-refractivity contribution in [3.8, 4) is 0 Å². The minimum atomic E-state index is 0.509. The van der Waals surface area contributed by atoms with E-state index in [0.29, 0.717) is 6.04 Å². The maximum absolute atomic E-state index is 3.68. The molecular weight excluding hydrogens is 310 g/mol. The number of nitrogens with one attached hydrogen (secondary N) is 1. The van der Waals surface area contributed by atoms with Crippen molar-refractivity contribution in [1.29, 1.82) is 0 Å². The van der Waals surface area contributed by atoms with Crippen LogP contribution in [-0.4, -0.2) is 7.05 Å². The largest absolute Gasteiger partial charge is 0.313 e. The third-order valence-electron chi connectivity index (χ3n) is 5.00. The molecule has 1 aromatic carbocycles. The van der Waals surface area contributed by atoms with Gasteiger partial charge in [-0.3, -0.25) is 0 Å². The molecular formula is C18H28BrN. The number of aryl methyl sites for hydroxylation is 2. The van der Waals surface area contributed by atoms with Gasteiger partial charge in [-0.15, -0.1) is 0 Å². The van der Waals surface area contributed by atoms with Gasteiger partial charge in [-0.05, 0) is 62.3 Å². The monoisotopic (exact) mass is 337 g/mol. The van der Waals surface area contributed by atoms with E-state index in [1.54, 1.807) is 0 Å². The van der Waals surface area contributed by atoms with E-state index in [2.05, 4.69) is 61.2 Å². The standard InChI is InChI=1S/C18H28BrN/c1-5-14-7-6-8-15(11-14)18(20-4)16-9-12(2)17(19)13(3)10-16/h9-10,14-15,18,20H,5-8,11H2,1-4H3. The lowest BCUT2D eigenvalue weighted by Crippen LogP contribution is -2.29. The fourth-order valence-electron chi connectivity index (χ4n) is 3.84. The lowest BCUT2D eigenvalue weighted by molar-refractivity contribution is 0.214. The summed E-state index contributed by atoms with van der Waals surface area (Å²) in [6.07, 6.45) is 6.93. The van der Waals surface area contributed by atoms with E-state index in [-0.39, 0.29) is 0 Å². The molecule has 2 heteroatoms. The molecule has 1 fully saturated rings. The summed E-state index contributed by atoms with van der Waals surface area (Å²) < 4.78 is 1.26. The van der Waals surface area contributed by atoms with E-state index in [1.807, 2.05) is 0 Å². The van der Waals surface area contributed by atoms with Crippen LogP contribution in [0.15, 0.2) is 16.6 Å². The van der Waals surface area contributed by atoms with Crippen LogP contribution in [0, 0.1) is 25.7 Å². The van der Waals surface area contributed by atoms with Gasteiger partial charge in [-0.2, -0.15) is 0 Å². The fraction of sp³-hybridized carbons (Fsp3) is 0.667. The maximum Gasteiger partial charge on any atom is 0.0346 e. The zero-order valence-corrected chi connectivity index (χ0v) is 14.9. The topological polar surface area (TPSA) is 12.0 Å². The average Bonchev–Trinajstić information content (AvgIpc) is 2.45. The molecule has 0 heterocycles. The van der Waals surface area contributed by atoms with Crippen LogP contribution in [-0.2, 0) is 0 Å². The van der Waals surface area contributed by atoms with Gasteiger partial charge in [0.05, 0.1) is 0 Å². The summed E-state index contributed by atoms with van der Waals surface area (Å²) in [5, 5.41) is 3.59. The van der Waals surface area contributed by atoms with Gasteiger partial charge in [0.2, 0.25) is 0 Å². The lowest BCUT2D eigenvalue weighted by atomic mass is 9.75. The molecule has 1 N–H and O–H groups in total. The van der Waals surface area contributed by atoms with Gasteiger partial charge in [-0.1, -0.05) is 54.2 Å². The van der Waals surface area contributed by atoms with Crippen LogP contribution in [0.1, 0.15) is 61.8 Å². The van der Waals surface area contributed by atoms with E-state index in [1.165, 1.54) is 53.3 Å². The van der Waals surface area contributed by atoms with Gasteiger partial charge in [0.15, 0.2) is 0 Å². The van der Waals surface area contributed by atoms with Crippen LogP contribution in [0.25, 0.3) is 0 Å². The molecule has 1 aliphatic rings. The Kier molecular flexibility index (Phi) is 5.68. The van der Waals surface area contributed by atoms with E-state index in [0.717, 1.165) is 11.8 Å². The van der Waals surface area contributed by atoms with E-state index in [9.17, 15) is 0 Å². The first kappa shape index (κ1) is 16.0. The Morgan fingerprint density at radius 3 is 2.45 bits per heavy atom. The summed E-state index contributed by atoms with van der Waals surface area (Å²) in [6.45, 7) is 6.74. The summed E-state index contributed by atoms with van der Waals surface area (Å²) in [7, 11) is 2.12. The molecule has 0 spiro atoms. The zero-order valence-electron chi connectivity index (χ0n) is 13.3. The molecule has 20 heavy (non-hydrogen) atoms. The second-order valence-corrected chi connectivity index (χ2v) is 7.23. The fourth-order valence-corrected chi connectivity index (χ4v) is 4.07. The smallest absolute Gasteiger partial charge is 0.0346 e. The summed E-state index contributed by atoms with van der Waals surface area (Å²) in [6, 6.07) is 5.22. The van der Waals surface area contributed by atoms with Crippen molar-refractivity contribution >= 4 is 15.9 Å². The van der Waals surface area contributed by atoms with Crippen molar-refractivity contribution in [3.05, 3.63) is 33.3 Å². The SMILES string of the molecule is CCC1CCCC(C(NC)c2cc(C)c(Br)c(C)c2)C1. The molecule has 0 bridgehead atoms. The summed E-state index contributed by atoms with van der Waals surface area (Å²) in [5.41, 5.74) is 4.17. The van der Waals surface area contributed by atoms with Crippen LogP contribution >= 0.6 is 15.9 Å². The first-order valence-corrected chi connectivity index (χ1v) is 8.80. The predicted molar refractivity (Wildman–Crippen MR) is 91.2 cm³/mol. The molecule has 112 valence electrons. The Morgan fingerprint density at radius 1 is 1.25 bits per heavy atom. The Hall–Kier alpha value is -0.340. The van der Waals surface area contributed by atoms with Crippen LogP contribution in [0.4, 0.5) is 0 Å². The maximum atomic E-state index is 3.68. The van der Waals surface area contributed by atoms with E-state index in [4.69, 9.17) is 0 Å². The Balaban J connectivity index is 2.23. The highest BCUT2D eigenvalue weighted by molar-refractivity contribution is 9.10. The molecule has 1 nitrogen and oxygen atoms in total. The minimum Gasteiger partial charge on any atom is -0.313 e. The number of rotatable bonds is 4. The molecule has 2 rings (SSSR count). The molecule has 3 atom stereocenters. The highest BCUT2D eigenvalue weighted by Crippen LogP contribution is 2.39. The van der Waals surface area contributed by atoms with E-state index >= 15 is 0 Å². The second-order valence-electron chi connectivity index (χ2n) is 6.44. The van der Waals surface area contributed by atoms with Crippen molar-refractivity contribution in [2.24, 2.45) is 11.8 Å². The number of hydrogen-bond acceptors (Lipinski definition) is 1. The summed E-state index contributed by atoms with van der Waals surface area (Å²) >= 11 is 3.68. The van der Waals surface area contributed by atoms with Gasteiger partial charge in [-0.25, -0.2) is 0 Å². The molecule has 0 radical (unpaired) electrons. The van der Waals surface area contributed by atoms with Gasteiger partial charge in [0, 0.05) is 10.5 Å². The molecule has 1 aromatic rings. The van der Waals surface area contributed by atoms with Crippen molar-refractivity contribution in [2.75, 3.05) is 7.05 Å². The number of hydrogen-bond donors (Lipinski definition) is 1. The van der Waals surface area contributed by atoms with Crippen molar-refractivity contribution in [1.82, 2.24) is 5.32 Å². The summed E-state index contributed by atoms with van der Waals surface area (Å²) in [4.78, 5) is 0. The predicted octanol–water partition coefficient (Wildman–Crippen LogP) is 5.54. The van der Waals surface area contributed by atoms with E-state index < -0.39 is 0 Å². The van der Waals surface area contributed by atoms with Crippen molar-refractivity contribution in [2.45, 2.75) is 58.9 Å². The van der Waals surface area contributed by atoms with Crippen LogP contribution < -0.4 is 5.32 Å². The highest BCUT2D eigenvalue weighted by Gasteiger charge is 2.28. The van der Waals surface area contributed by atoms with Crippen molar-refractivity contribution in [3.63, 3.8) is 0 Å². The van der Waals surface area contributed by atoms with Crippen LogP contribution in [0.2, 0.25) is 0 Å².